The molecule has 0 spiro atoms. The Bertz CT molecular complexity index is 354. The van der Waals surface area contributed by atoms with E-state index in [1.807, 2.05) is 27.7 Å². The van der Waals surface area contributed by atoms with Gasteiger partial charge in [0.25, 0.3) is 0 Å². The second-order valence-electron chi connectivity index (χ2n) is 5.72. The van der Waals surface area contributed by atoms with E-state index in [-0.39, 0.29) is 11.6 Å². The molecule has 8 nitrogen and oxygen atoms in total. The van der Waals surface area contributed by atoms with Crippen LogP contribution in [0.1, 0.15) is 55.4 Å². The van der Waals surface area contributed by atoms with Gasteiger partial charge in [0, 0.05) is 0 Å². The molecule has 25 heavy (non-hydrogen) atoms. The van der Waals surface area contributed by atoms with Crippen LogP contribution < -0.4 is 10.2 Å². The molecule has 0 saturated carbocycles. The van der Waals surface area contributed by atoms with Crippen LogP contribution in [0.3, 0.4) is 0 Å². The van der Waals surface area contributed by atoms with E-state index in [9.17, 15) is 29.4 Å². The molecule has 0 aliphatic heterocycles. The first kappa shape index (κ1) is 28.8. The second kappa shape index (κ2) is 16.5. The molecule has 0 amide bonds. The second-order valence-corrected chi connectivity index (χ2v) is 7.54. The Morgan fingerprint density at radius 1 is 0.680 bits per heavy atom. The molecule has 0 aliphatic carbocycles. The monoisotopic (exact) mass is 468 g/mol. The van der Waals surface area contributed by atoms with Crippen LogP contribution in [0.5, 0.6) is 0 Å². The Labute approximate surface area is 160 Å². The van der Waals surface area contributed by atoms with Crippen molar-refractivity contribution in [2.75, 3.05) is 0 Å². The number of carbonyl (C=O) groups is 4. The number of Topliss-reactive ketones (excluding diaryl/α,β-unsaturated/α-hetero) is 2. The van der Waals surface area contributed by atoms with Gasteiger partial charge in [-0.05, 0) is 13.8 Å². The number of carboxylic acids is 2. The van der Waals surface area contributed by atoms with Crippen LogP contribution in [0, 0.1) is 11.8 Å². The van der Waals surface area contributed by atoms with E-state index < -0.39 is 45.7 Å². The van der Waals surface area contributed by atoms with Gasteiger partial charge < -0.3 is 19.8 Å². The van der Waals surface area contributed by atoms with Gasteiger partial charge in [-0.15, -0.1) is 0 Å². The standard InChI is InChI=1S/2C5H8O3.2C3H7O.Sn/c2*1-3(4(2)6)5(7)8;2*1-3(2)4;/h2*3H,1-2H3,(H,7,8);2*3H,1-2H3;/q;;2*-1;+4/p-2. The van der Waals surface area contributed by atoms with E-state index in [4.69, 9.17) is 6.15 Å². The summed E-state index contributed by atoms with van der Waals surface area (Å²) < 4.78 is 10.6. The van der Waals surface area contributed by atoms with E-state index in [0.717, 1.165) is 0 Å². The van der Waals surface area contributed by atoms with Gasteiger partial charge >= 0.3 is 68.0 Å². The van der Waals surface area contributed by atoms with Crippen LogP contribution in [0.25, 0.3) is 0 Å². The van der Waals surface area contributed by atoms with Gasteiger partial charge in [0.15, 0.2) is 0 Å². The third-order valence-electron chi connectivity index (χ3n) is 2.49. The molecular weight excluding hydrogens is 439 g/mol. The first-order chi connectivity index (χ1) is 11.2. The van der Waals surface area contributed by atoms with E-state index in [2.05, 4.69) is 0 Å². The van der Waals surface area contributed by atoms with Gasteiger partial charge in [0.2, 0.25) is 0 Å². The first-order valence-corrected chi connectivity index (χ1v) is 10.1. The van der Waals surface area contributed by atoms with Gasteiger partial charge in [-0.1, -0.05) is 13.8 Å². The zero-order valence-electron chi connectivity index (χ0n) is 16.1. The first-order valence-electron chi connectivity index (χ1n) is 7.72. The Morgan fingerprint density at radius 3 is 1.00 bits per heavy atom. The third kappa shape index (κ3) is 23.0. The van der Waals surface area contributed by atoms with Gasteiger partial charge in [-0.3, -0.25) is 9.59 Å². The molecule has 0 aromatic heterocycles. The molecule has 0 aromatic rings. The topological polar surface area (TPSA) is 133 Å². The molecule has 144 valence electrons. The molecule has 0 bridgehead atoms. The minimum atomic E-state index is -1.31. The van der Waals surface area contributed by atoms with Crippen molar-refractivity contribution >= 4 is 45.5 Å². The van der Waals surface area contributed by atoms with Crippen molar-refractivity contribution < 1.29 is 35.5 Å². The normalized spacial score (nSPS) is 11.9. The molecule has 0 heterocycles. The average Bonchev–Trinajstić information content (AvgIpc) is 2.45. The SMILES string of the molecule is CC(=O)C(C)C(=O)[O-].CC(=O)C(C)C(=O)[O-].CC(C)[O][Sn+2][O]C(C)C. The van der Waals surface area contributed by atoms with Crippen molar-refractivity contribution in [3.8, 4) is 0 Å². The Balaban J connectivity index is -0.000000291. The van der Waals surface area contributed by atoms with Crippen LogP contribution in [0.15, 0.2) is 0 Å². The number of rotatable bonds is 8. The fraction of sp³-hybridized carbons (Fsp3) is 0.750. The van der Waals surface area contributed by atoms with E-state index in [1.54, 1.807) is 0 Å². The van der Waals surface area contributed by atoms with Gasteiger partial charge in [0.1, 0.15) is 11.6 Å². The molecular formula is C16H28O8Sn. The third-order valence-corrected chi connectivity index (χ3v) is 5.73. The summed E-state index contributed by atoms with van der Waals surface area (Å²) in [4.78, 5) is 39.9. The fourth-order valence-electron chi connectivity index (χ4n) is 0.552. The molecule has 2 unspecified atom stereocenters. The summed E-state index contributed by atoms with van der Waals surface area (Å²) in [5, 5.41) is 19.6. The Kier molecular flexibility index (Phi) is 19.0. The molecule has 9 heteroatoms. The molecule has 0 fully saturated rings. The zero-order chi connectivity index (χ0) is 20.7. The number of hydrogen-bond donors (Lipinski definition) is 0. The van der Waals surface area contributed by atoms with Crippen LogP contribution >= 0.6 is 0 Å². The summed E-state index contributed by atoms with van der Waals surface area (Å²) >= 11 is -0.929. The summed E-state index contributed by atoms with van der Waals surface area (Å²) in [6.45, 7) is 13.2. The van der Waals surface area contributed by atoms with Crippen LogP contribution in [-0.4, -0.2) is 57.7 Å². The average molecular weight is 467 g/mol. The van der Waals surface area contributed by atoms with Crippen LogP contribution in [0.4, 0.5) is 0 Å². The molecule has 0 radical (unpaired) electrons. The van der Waals surface area contributed by atoms with E-state index in [1.165, 1.54) is 27.7 Å². The van der Waals surface area contributed by atoms with Gasteiger partial charge in [0.05, 0.1) is 23.8 Å². The quantitative estimate of drug-likeness (QED) is 0.338. The summed E-state index contributed by atoms with van der Waals surface area (Å²) in [6, 6.07) is 0. The number of carbonyl (C=O) groups excluding carboxylic acids is 4. The van der Waals surface area contributed by atoms with E-state index in [0.29, 0.717) is 12.2 Å². The fourth-order valence-corrected chi connectivity index (χ4v) is 1.81. The minimum absolute atomic E-state index is 0.343. The maximum absolute atomic E-state index is 10.2. The van der Waals surface area contributed by atoms with Crippen LogP contribution in [-0.2, 0) is 25.3 Å². The van der Waals surface area contributed by atoms with Gasteiger partial charge in [-0.25, -0.2) is 0 Å². The summed E-state index contributed by atoms with van der Waals surface area (Å²) in [5.74, 6) is -5.28. The maximum atomic E-state index is 10.2. The van der Waals surface area contributed by atoms with Crippen molar-refractivity contribution in [1.29, 1.82) is 0 Å². The van der Waals surface area contributed by atoms with Crippen molar-refractivity contribution in [1.82, 2.24) is 0 Å². The Morgan fingerprint density at radius 2 is 0.920 bits per heavy atom. The summed E-state index contributed by atoms with van der Waals surface area (Å²) in [5.41, 5.74) is 0. The number of aliphatic carboxylic acids is 2. The van der Waals surface area contributed by atoms with Crippen molar-refractivity contribution in [3.63, 3.8) is 0 Å². The molecule has 0 rings (SSSR count). The molecule has 0 N–H and O–H groups in total. The molecule has 2 atom stereocenters. The summed E-state index contributed by atoms with van der Waals surface area (Å²) in [7, 11) is 0. The summed E-state index contributed by atoms with van der Waals surface area (Å²) in [6.07, 6.45) is 0.686. The van der Waals surface area contributed by atoms with Crippen molar-refractivity contribution in [2.45, 2.75) is 67.6 Å². The Hall–Kier alpha value is -1.00. The zero-order valence-corrected chi connectivity index (χ0v) is 18.9. The number of carboxylic acid groups (broad SMARTS) is 2. The van der Waals surface area contributed by atoms with Crippen molar-refractivity contribution in [2.24, 2.45) is 11.8 Å². The van der Waals surface area contributed by atoms with Crippen molar-refractivity contribution in [3.05, 3.63) is 0 Å². The number of hydrogen-bond acceptors (Lipinski definition) is 8. The predicted octanol–water partition coefficient (Wildman–Crippen LogP) is -0.707. The van der Waals surface area contributed by atoms with Gasteiger partial charge in [-0.2, -0.15) is 0 Å². The van der Waals surface area contributed by atoms with Crippen LogP contribution in [0.2, 0.25) is 0 Å². The van der Waals surface area contributed by atoms with E-state index >= 15 is 0 Å². The predicted molar refractivity (Wildman–Crippen MR) is 87.9 cm³/mol. The molecule has 0 aliphatic rings. The molecule has 0 aromatic carbocycles. The molecule has 0 saturated heterocycles. The number of ketones is 2.